The van der Waals surface area contributed by atoms with E-state index in [1.54, 1.807) is 13.3 Å². The summed E-state index contributed by atoms with van der Waals surface area (Å²) in [4.78, 5) is 6.36. The Labute approximate surface area is 150 Å². The molecule has 2 heterocycles. The summed E-state index contributed by atoms with van der Waals surface area (Å²) in [5, 5.41) is 3.28. The third kappa shape index (κ3) is 5.06. The summed E-state index contributed by atoms with van der Waals surface area (Å²) in [6, 6.07) is 5.93. The van der Waals surface area contributed by atoms with Crippen molar-refractivity contribution in [1.29, 1.82) is 0 Å². The van der Waals surface area contributed by atoms with Crippen LogP contribution in [-0.4, -0.2) is 29.5 Å². The van der Waals surface area contributed by atoms with Crippen LogP contribution in [0.1, 0.15) is 11.5 Å². The largest absolute Gasteiger partial charge is 0.467 e. The summed E-state index contributed by atoms with van der Waals surface area (Å²) in [6.45, 7) is 1.40. The Balaban J connectivity index is 0.00000220. The molecule has 0 fully saturated rings. The van der Waals surface area contributed by atoms with Crippen LogP contribution in [0.2, 0.25) is 0 Å². The molecule has 2 aromatic heterocycles. The third-order valence-electron chi connectivity index (χ3n) is 3.05. The first-order chi connectivity index (χ1) is 9.60. The van der Waals surface area contributed by atoms with E-state index in [0.29, 0.717) is 6.54 Å². The van der Waals surface area contributed by atoms with Crippen LogP contribution in [-0.2, 0) is 20.1 Å². The minimum absolute atomic E-state index is 0. The second kappa shape index (κ2) is 8.47. The van der Waals surface area contributed by atoms with E-state index in [2.05, 4.69) is 41.8 Å². The molecule has 0 aliphatic rings. The molecule has 0 aromatic carbocycles. The van der Waals surface area contributed by atoms with Gasteiger partial charge >= 0.3 is 0 Å². The van der Waals surface area contributed by atoms with Crippen molar-refractivity contribution in [2.75, 3.05) is 14.1 Å². The molecule has 1 N–H and O–H groups in total. The predicted molar refractivity (Wildman–Crippen MR) is 98.9 cm³/mol. The standard InChI is InChI=1S/C14H19BrN4O.HI/c1-16-14(17-8-13-5-4-6-20-13)19(3)10-12-7-11(15)9-18(12)2;/h4-7,9H,8,10H2,1-3H3,(H,16,17);1H. The molecule has 0 amide bonds. The molecule has 0 spiro atoms. The quantitative estimate of drug-likeness (QED) is 0.427. The Morgan fingerprint density at radius 1 is 1.52 bits per heavy atom. The molecule has 0 bridgehead atoms. The van der Waals surface area contributed by atoms with Crippen LogP contribution >= 0.6 is 39.9 Å². The molecule has 5 nitrogen and oxygen atoms in total. The highest BCUT2D eigenvalue weighted by atomic mass is 127. The summed E-state index contributed by atoms with van der Waals surface area (Å²) >= 11 is 3.49. The van der Waals surface area contributed by atoms with E-state index in [9.17, 15) is 0 Å². The molecule has 0 aliphatic carbocycles. The van der Waals surface area contributed by atoms with E-state index in [4.69, 9.17) is 4.42 Å². The number of halogens is 2. The summed E-state index contributed by atoms with van der Waals surface area (Å²) in [7, 11) is 5.83. The van der Waals surface area contributed by atoms with Gasteiger partial charge in [-0.15, -0.1) is 24.0 Å². The zero-order valence-corrected chi connectivity index (χ0v) is 16.3. The van der Waals surface area contributed by atoms with Crippen LogP contribution < -0.4 is 5.32 Å². The molecule has 21 heavy (non-hydrogen) atoms. The Bertz CT molecular complexity index is 580. The molecule has 0 aliphatic heterocycles. The fourth-order valence-electron chi connectivity index (χ4n) is 2.01. The molecule has 0 radical (unpaired) electrons. The molecule has 0 saturated carbocycles. The van der Waals surface area contributed by atoms with Gasteiger partial charge in [-0.25, -0.2) is 0 Å². The average molecular weight is 467 g/mol. The first-order valence-electron chi connectivity index (χ1n) is 6.35. The maximum absolute atomic E-state index is 5.30. The Morgan fingerprint density at radius 2 is 2.29 bits per heavy atom. The van der Waals surface area contributed by atoms with Crippen molar-refractivity contribution in [3.63, 3.8) is 0 Å². The molecule has 7 heteroatoms. The fourth-order valence-corrected chi connectivity index (χ4v) is 2.58. The minimum atomic E-state index is 0. The number of nitrogens with zero attached hydrogens (tertiary/aromatic N) is 3. The van der Waals surface area contributed by atoms with Gasteiger partial charge in [0, 0.05) is 37.5 Å². The summed E-state index contributed by atoms with van der Waals surface area (Å²) in [5.41, 5.74) is 1.21. The topological polar surface area (TPSA) is 45.7 Å². The fraction of sp³-hybridized carbons (Fsp3) is 0.357. The number of furan rings is 1. The van der Waals surface area contributed by atoms with Gasteiger partial charge in [-0.2, -0.15) is 0 Å². The van der Waals surface area contributed by atoms with E-state index >= 15 is 0 Å². The van der Waals surface area contributed by atoms with Gasteiger partial charge in [0.25, 0.3) is 0 Å². The number of guanidine groups is 1. The molecule has 0 saturated heterocycles. The van der Waals surface area contributed by atoms with E-state index in [1.165, 1.54) is 5.69 Å². The monoisotopic (exact) mass is 466 g/mol. The average Bonchev–Trinajstić information content (AvgIpc) is 3.01. The molecule has 2 rings (SSSR count). The lowest BCUT2D eigenvalue weighted by molar-refractivity contribution is 0.449. The number of aromatic nitrogens is 1. The van der Waals surface area contributed by atoms with Crippen molar-refractivity contribution in [3.8, 4) is 0 Å². The van der Waals surface area contributed by atoms with Crippen LogP contribution in [0.3, 0.4) is 0 Å². The highest BCUT2D eigenvalue weighted by Crippen LogP contribution is 2.15. The molecule has 2 aromatic rings. The molecule has 0 unspecified atom stereocenters. The SMILES string of the molecule is CN=C(NCc1ccco1)N(C)Cc1cc(Br)cn1C.I. The zero-order chi connectivity index (χ0) is 14.5. The third-order valence-corrected chi connectivity index (χ3v) is 3.48. The minimum Gasteiger partial charge on any atom is -0.467 e. The van der Waals surface area contributed by atoms with Gasteiger partial charge in [0.15, 0.2) is 5.96 Å². The van der Waals surface area contributed by atoms with Crippen LogP contribution in [0, 0.1) is 0 Å². The van der Waals surface area contributed by atoms with Gasteiger partial charge in [0.05, 0.1) is 19.4 Å². The second-order valence-electron chi connectivity index (χ2n) is 4.60. The normalized spacial score (nSPS) is 11.1. The van der Waals surface area contributed by atoms with Crippen molar-refractivity contribution < 1.29 is 4.42 Å². The van der Waals surface area contributed by atoms with Crippen molar-refractivity contribution in [1.82, 2.24) is 14.8 Å². The number of rotatable bonds is 4. The number of aryl methyl sites for hydroxylation is 1. The molecular formula is C14H20BrIN4O. The first kappa shape index (κ1) is 18.1. The van der Waals surface area contributed by atoms with Crippen molar-refractivity contribution in [2.45, 2.75) is 13.1 Å². The molecule has 0 atom stereocenters. The van der Waals surface area contributed by atoms with Crippen LogP contribution in [0.25, 0.3) is 0 Å². The van der Waals surface area contributed by atoms with Gasteiger partial charge in [-0.1, -0.05) is 0 Å². The Kier molecular flexibility index (Phi) is 7.30. The number of hydrogen-bond acceptors (Lipinski definition) is 2. The number of aliphatic imine (C=N–C) groups is 1. The van der Waals surface area contributed by atoms with Crippen LogP contribution in [0.5, 0.6) is 0 Å². The van der Waals surface area contributed by atoms with Crippen LogP contribution in [0.4, 0.5) is 0 Å². The maximum Gasteiger partial charge on any atom is 0.194 e. The smallest absolute Gasteiger partial charge is 0.194 e. The second-order valence-corrected chi connectivity index (χ2v) is 5.51. The first-order valence-corrected chi connectivity index (χ1v) is 7.14. The van der Waals surface area contributed by atoms with E-state index in [1.807, 2.05) is 32.4 Å². The summed E-state index contributed by atoms with van der Waals surface area (Å²) < 4.78 is 8.49. The molecule has 116 valence electrons. The maximum atomic E-state index is 5.30. The van der Waals surface area contributed by atoms with Gasteiger partial charge in [-0.05, 0) is 34.1 Å². The van der Waals surface area contributed by atoms with Gasteiger partial charge in [0.1, 0.15) is 5.76 Å². The van der Waals surface area contributed by atoms with Gasteiger partial charge in [0.2, 0.25) is 0 Å². The number of hydrogen-bond donors (Lipinski definition) is 1. The Morgan fingerprint density at radius 3 is 2.81 bits per heavy atom. The lowest BCUT2D eigenvalue weighted by atomic mass is 10.4. The zero-order valence-electron chi connectivity index (χ0n) is 12.3. The van der Waals surface area contributed by atoms with Crippen molar-refractivity contribution in [2.24, 2.45) is 12.0 Å². The van der Waals surface area contributed by atoms with Gasteiger partial charge < -0.3 is 19.2 Å². The van der Waals surface area contributed by atoms with Crippen LogP contribution in [0.15, 0.2) is 44.5 Å². The Hall–Kier alpha value is -0.960. The van der Waals surface area contributed by atoms with E-state index in [-0.39, 0.29) is 24.0 Å². The van der Waals surface area contributed by atoms with Gasteiger partial charge in [-0.3, -0.25) is 4.99 Å². The highest BCUT2D eigenvalue weighted by molar-refractivity contribution is 14.0. The van der Waals surface area contributed by atoms with E-state index < -0.39 is 0 Å². The summed E-state index contributed by atoms with van der Waals surface area (Å²) in [5.74, 6) is 1.72. The number of nitrogens with one attached hydrogen (secondary N) is 1. The van der Waals surface area contributed by atoms with Crippen molar-refractivity contribution >= 4 is 45.9 Å². The lowest BCUT2D eigenvalue weighted by Gasteiger charge is -2.22. The van der Waals surface area contributed by atoms with Crippen molar-refractivity contribution in [3.05, 3.63) is 46.6 Å². The lowest BCUT2D eigenvalue weighted by Crippen LogP contribution is -2.38. The van der Waals surface area contributed by atoms with E-state index in [0.717, 1.165) is 22.7 Å². The summed E-state index contributed by atoms with van der Waals surface area (Å²) in [6.07, 6.45) is 3.72. The highest BCUT2D eigenvalue weighted by Gasteiger charge is 2.09. The molecular weight excluding hydrogens is 447 g/mol. The predicted octanol–water partition coefficient (Wildman–Crippen LogP) is 3.21.